The molecule has 0 spiro atoms. The summed E-state index contributed by atoms with van der Waals surface area (Å²) in [5.74, 6) is 5.28. The summed E-state index contributed by atoms with van der Waals surface area (Å²) in [6, 6.07) is 5.88. The molecule has 0 aliphatic carbocycles. The molecular formula is C8H9N3S. The van der Waals surface area contributed by atoms with Crippen molar-refractivity contribution in [2.24, 2.45) is 5.84 Å². The van der Waals surface area contributed by atoms with Crippen LogP contribution in [0.1, 0.15) is 5.01 Å². The van der Waals surface area contributed by atoms with Gasteiger partial charge in [0.05, 0.1) is 20.9 Å². The minimum atomic E-state index is 0.922. The number of nitrogens with two attached hydrogens (primary N) is 1. The Hall–Kier alpha value is -1.13. The molecule has 0 aliphatic heterocycles. The number of anilines is 1. The first-order chi connectivity index (χ1) is 5.79. The maximum atomic E-state index is 5.28. The number of nitrogens with one attached hydrogen (secondary N) is 1. The van der Waals surface area contributed by atoms with E-state index >= 15 is 0 Å². The summed E-state index contributed by atoms with van der Waals surface area (Å²) in [6.45, 7) is 2.00. The molecule has 4 heteroatoms. The number of fused-ring (bicyclic) bond motifs is 1. The highest BCUT2D eigenvalue weighted by Crippen LogP contribution is 2.23. The van der Waals surface area contributed by atoms with Crippen molar-refractivity contribution in [2.45, 2.75) is 6.92 Å². The summed E-state index contributed by atoms with van der Waals surface area (Å²) < 4.78 is 1.17. The molecule has 1 aromatic heterocycles. The molecule has 0 amide bonds. The Bertz CT molecular complexity index is 408. The highest BCUT2D eigenvalue weighted by molar-refractivity contribution is 7.18. The van der Waals surface area contributed by atoms with E-state index in [0.717, 1.165) is 16.2 Å². The first-order valence-corrected chi connectivity index (χ1v) is 4.45. The minimum absolute atomic E-state index is 0.922. The number of hydrogen-bond acceptors (Lipinski definition) is 4. The summed E-state index contributed by atoms with van der Waals surface area (Å²) in [7, 11) is 0. The largest absolute Gasteiger partial charge is 0.324 e. The highest BCUT2D eigenvalue weighted by atomic mass is 32.1. The van der Waals surface area contributed by atoms with Crippen molar-refractivity contribution in [1.82, 2.24) is 4.98 Å². The fourth-order valence-corrected chi connectivity index (χ4v) is 2.00. The van der Waals surface area contributed by atoms with Gasteiger partial charge in [0.2, 0.25) is 0 Å². The predicted molar refractivity (Wildman–Crippen MR) is 52.2 cm³/mol. The first kappa shape index (κ1) is 7.52. The second-order valence-electron chi connectivity index (χ2n) is 2.56. The van der Waals surface area contributed by atoms with Gasteiger partial charge in [-0.1, -0.05) is 0 Å². The Balaban J connectivity index is 2.66. The fraction of sp³-hybridized carbons (Fsp3) is 0.125. The van der Waals surface area contributed by atoms with Crippen LogP contribution < -0.4 is 11.3 Å². The Kier molecular flexibility index (Phi) is 1.71. The Morgan fingerprint density at radius 1 is 1.50 bits per heavy atom. The molecule has 12 heavy (non-hydrogen) atoms. The quantitative estimate of drug-likeness (QED) is 0.519. The van der Waals surface area contributed by atoms with Crippen LogP contribution in [-0.4, -0.2) is 4.98 Å². The van der Waals surface area contributed by atoms with Crippen molar-refractivity contribution in [3.63, 3.8) is 0 Å². The number of hydrogen-bond donors (Lipinski definition) is 2. The van der Waals surface area contributed by atoms with Crippen molar-refractivity contribution in [3.8, 4) is 0 Å². The van der Waals surface area contributed by atoms with Gasteiger partial charge in [0.25, 0.3) is 0 Å². The average molecular weight is 179 g/mol. The molecule has 0 radical (unpaired) electrons. The molecule has 0 bridgehead atoms. The van der Waals surface area contributed by atoms with Crippen LogP contribution in [0.4, 0.5) is 5.69 Å². The van der Waals surface area contributed by atoms with Crippen LogP contribution >= 0.6 is 11.3 Å². The molecule has 2 aromatic rings. The summed E-state index contributed by atoms with van der Waals surface area (Å²) >= 11 is 1.67. The van der Waals surface area contributed by atoms with E-state index in [0.29, 0.717) is 0 Å². The van der Waals surface area contributed by atoms with Gasteiger partial charge in [-0.05, 0) is 25.1 Å². The third-order valence-corrected chi connectivity index (χ3v) is 2.60. The van der Waals surface area contributed by atoms with Crippen LogP contribution in [0, 0.1) is 6.92 Å². The third kappa shape index (κ3) is 1.15. The summed E-state index contributed by atoms with van der Waals surface area (Å²) in [6.07, 6.45) is 0. The second kappa shape index (κ2) is 2.73. The molecule has 2 rings (SSSR count). The zero-order valence-corrected chi connectivity index (χ0v) is 7.48. The number of aromatic nitrogens is 1. The molecule has 0 fully saturated rings. The zero-order chi connectivity index (χ0) is 8.55. The van der Waals surface area contributed by atoms with E-state index in [9.17, 15) is 0 Å². The average Bonchev–Trinajstić information content (AvgIpc) is 2.43. The number of nitrogen functional groups attached to an aromatic ring is 1. The normalized spacial score (nSPS) is 10.5. The molecule has 0 atom stereocenters. The van der Waals surface area contributed by atoms with Crippen molar-refractivity contribution >= 4 is 27.2 Å². The van der Waals surface area contributed by atoms with Crippen LogP contribution in [0.5, 0.6) is 0 Å². The topological polar surface area (TPSA) is 50.9 Å². The Morgan fingerprint density at radius 2 is 2.33 bits per heavy atom. The number of aryl methyl sites for hydroxylation is 1. The maximum absolute atomic E-state index is 5.28. The third-order valence-electron chi connectivity index (χ3n) is 1.66. The lowest BCUT2D eigenvalue weighted by Crippen LogP contribution is -2.05. The van der Waals surface area contributed by atoms with E-state index in [-0.39, 0.29) is 0 Å². The summed E-state index contributed by atoms with van der Waals surface area (Å²) in [4.78, 5) is 4.34. The predicted octanol–water partition coefficient (Wildman–Crippen LogP) is 1.89. The summed E-state index contributed by atoms with van der Waals surface area (Å²) in [5, 5.41) is 1.08. The molecule has 3 N–H and O–H groups in total. The van der Waals surface area contributed by atoms with Crippen molar-refractivity contribution < 1.29 is 0 Å². The van der Waals surface area contributed by atoms with Crippen LogP contribution in [0.25, 0.3) is 10.2 Å². The number of benzene rings is 1. The maximum Gasteiger partial charge on any atom is 0.0907 e. The van der Waals surface area contributed by atoms with Gasteiger partial charge in [-0.2, -0.15) is 0 Å². The van der Waals surface area contributed by atoms with Crippen molar-refractivity contribution in [2.75, 3.05) is 5.43 Å². The monoisotopic (exact) mass is 179 g/mol. The zero-order valence-electron chi connectivity index (χ0n) is 6.66. The first-order valence-electron chi connectivity index (χ1n) is 3.63. The van der Waals surface area contributed by atoms with E-state index in [1.54, 1.807) is 11.3 Å². The molecule has 0 saturated carbocycles. The van der Waals surface area contributed by atoms with E-state index in [1.165, 1.54) is 4.70 Å². The lowest BCUT2D eigenvalue weighted by Gasteiger charge is -1.96. The standard InChI is InChI=1S/C8H9N3S/c1-5-10-7-3-2-6(11-9)4-8(7)12-5/h2-4,11H,9H2,1H3. The van der Waals surface area contributed by atoms with Gasteiger partial charge in [0.1, 0.15) is 0 Å². The second-order valence-corrected chi connectivity index (χ2v) is 3.79. The van der Waals surface area contributed by atoms with Crippen LogP contribution in [-0.2, 0) is 0 Å². The lowest BCUT2D eigenvalue weighted by molar-refractivity contribution is 1.34. The van der Waals surface area contributed by atoms with Gasteiger partial charge in [-0.25, -0.2) is 4.98 Å². The van der Waals surface area contributed by atoms with E-state index < -0.39 is 0 Å². The fourth-order valence-electron chi connectivity index (χ4n) is 1.13. The molecule has 0 unspecified atom stereocenters. The van der Waals surface area contributed by atoms with Gasteiger partial charge in [0.15, 0.2) is 0 Å². The molecule has 62 valence electrons. The lowest BCUT2D eigenvalue weighted by atomic mass is 10.3. The Labute approximate surface area is 74.2 Å². The van der Waals surface area contributed by atoms with Gasteiger partial charge in [0, 0.05) is 0 Å². The van der Waals surface area contributed by atoms with Gasteiger partial charge < -0.3 is 5.43 Å². The highest BCUT2D eigenvalue weighted by Gasteiger charge is 1.99. The van der Waals surface area contributed by atoms with Crippen LogP contribution in [0.15, 0.2) is 18.2 Å². The van der Waals surface area contributed by atoms with E-state index in [1.807, 2.05) is 25.1 Å². The number of thiazole rings is 1. The number of rotatable bonds is 1. The molecule has 0 saturated heterocycles. The van der Waals surface area contributed by atoms with Crippen LogP contribution in [0.2, 0.25) is 0 Å². The SMILES string of the molecule is Cc1nc2ccc(NN)cc2s1. The van der Waals surface area contributed by atoms with Crippen molar-refractivity contribution in [1.29, 1.82) is 0 Å². The van der Waals surface area contributed by atoms with Gasteiger partial charge in [-0.3, -0.25) is 5.84 Å². The van der Waals surface area contributed by atoms with E-state index in [4.69, 9.17) is 5.84 Å². The number of hydrazine groups is 1. The summed E-state index contributed by atoms with van der Waals surface area (Å²) in [5.41, 5.74) is 4.57. The van der Waals surface area contributed by atoms with Crippen LogP contribution in [0.3, 0.4) is 0 Å². The minimum Gasteiger partial charge on any atom is -0.324 e. The van der Waals surface area contributed by atoms with Gasteiger partial charge in [-0.15, -0.1) is 11.3 Å². The number of nitrogens with zero attached hydrogens (tertiary/aromatic N) is 1. The van der Waals surface area contributed by atoms with Gasteiger partial charge >= 0.3 is 0 Å². The Morgan fingerprint density at radius 3 is 3.08 bits per heavy atom. The molecule has 1 heterocycles. The molecule has 0 aliphatic rings. The molecule has 1 aromatic carbocycles. The van der Waals surface area contributed by atoms with E-state index in [2.05, 4.69) is 10.4 Å². The molecule has 3 nitrogen and oxygen atoms in total. The smallest absolute Gasteiger partial charge is 0.0907 e. The van der Waals surface area contributed by atoms with Crippen molar-refractivity contribution in [3.05, 3.63) is 23.2 Å². The molecular weight excluding hydrogens is 170 g/mol.